The Bertz CT molecular complexity index is 561. The van der Waals surface area contributed by atoms with E-state index in [1.807, 2.05) is 5.51 Å². The number of fused-ring (bicyclic) bond motifs is 1. The fourth-order valence-corrected chi connectivity index (χ4v) is 3.49. The zero-order chi connectivity index (χ0) is 13.2. The molecule has 2 aromatic rings. The summed E-state index contributed by atoms with van der Waals surface area (Å²) in [5.74, 6) is 0.686. The van der Waals surface area contributed by atoms with Crippen LogP contribution >= 0.6 is 11.3 Å². The second kappa shape index (κ2) is 5.35. The van der Waals surface area contributed by atoms with Gasteiger partial charge in [-0.2, -0.15) is 0 Å². The minimum atomic E-state index is 0.686. The molecule has 0 aliphatic carbocycles. The van der Waals surface area contributed by atoms with Crippen molar-refractivity contribution in [1.82, 2.24) is 4.98 Å². The van der Waals surface area contributed by atoms with Crippen molar-refractivity contribution in [2.75, 3.05) is 37.4 Å². The number of piperidine rings is 1. The van der Waals surface area contributed by atoms with E-state index in [4.69, 9.17) is 10.5 Å². The van der Waals surface area contributed by atoms with Crippen LogP contribution in [0.1, 0.15) is 12.8 Å². The predicted molar refractivity (Wildman–Crippen MR) is 80.8 cm³/mol. The van der Waals surface area contributed by atoms with Gasteiger partial charge in [-0.3, -0.25) is 0 Å². The van der Waals surface area contributed by atoms with Gasteiger partial charge < -0.3 is 15.4 Å². The number of aromatic nitrogens is 1. The Kier molecular flexibility index (Phi) is 3.57. The second-order valence-corrected chi connectivity index (χ2v) is 5.97. The van der Waals surface area contributed by atoms with E-state index in [-0.39, 0.29) is 0 Å². The number of hydrogen-bond donors (Lipinski definition) is 1. The van der Waals surface area contributed by atoms with E-state index in [1.54, 1.807) is 18.4 Å². The van der Waals surface area contributed by atoms with Gasteiger partial charge in [0.25, 0.3) is 0 Å². The molecular formula is C14H19N3OS. The van der Waals surface area contributed by atoms with Crippen LogP contribution in [0.2, 0.25) is 0 Å². The number of nitrogens with two attached hydrogens (primary N) is 1. The molecule has 0 amide bonds. The maximum Gasteiger partial charge on any atom is 0.106 e. The number of thiazole rings is 1. The molecule has 2 N–H and O–H groups in total. The van der Waals surface area contributed by atoms with Crippen LogP contribution in [0.4, 0.5) is 11.4 Å². The van der Waals surface area contributed by atoms with Gasteiger partial charge in [-0.1, -0.05) is 0 Å². The average molecular weight is 277 g/mol. The Balaban J connectivity index is 1.79. The van der Waals surface area contributed by atoms with Crippen LogP contribution < -0.4 is 10.6 Å². The Morgan fingerprint density at radius 3 is 2.95 bits per heavy atom. The van der Waals surface area contributed by atoms with Gasteiger partial charge in [0, 0.05) is 26.8 Å². The first-order valence-electron chi connectivity index (χ1n) is 6.65. The number of benzene rings is 1. The first-order chi connectivity index (χ1) is 9.29. The highest BCUT2D eigenvalue weighted by molar-refractivity contribution is 7.16. The van der Waals surface area contributed by atoms with Crippen LogP contribution in [0, 0.1) is 5.92 Å². The summed E-state index contributed by atoms with van der Waals surface area (Å²) in [4.78, 5) is 6.74. The number of anilines is 2. The molecule has 0 spiro atoms. The molecule has 102 valence electrons. The van der Waals surface area contributed by atoms with Crippen LogP contribution in [0.5, 0.6) is 0 Å². The summed E-state index contributed by atoms with van der Waals surface area (Å²) in [6.45, 7) is 2.97. The van der Waals surface area contributed by atoms with Gasteiger partial charge in [-0.15, -0.1) is 11.3 Å². The van der Waals surface area contributed by atoms with Crippen molar-refractivity contribution in [3.05, 3.63) is 17.6 Å². The fraction of sp³-hybridized carbons (Fsp3) is 0.500. The first-order valence-corrected chi connectivity index (χ1v) is 7.53. The molecule has 1 saturated heterocycles. The topological polar surface area (TPSA) is 51.4 Å². The summed E-state index contributed by atoms with van der Waals surface area (Å²) in [6, 6.07) is 4.26. The van der Waals surface area contributed by atoms with Crippen molar-refractivity contribution in [3.63, 3.8) is 0 Å². The molecule has 5 heteroatoms. The summed E-state index contributed by atoms with van der Waals surface area (Å²) < 4.78 is 6.40. The number of nitrogen functional groups attached to an aromatic ring is 1. The zero-order valence-electron chi connectivity index (χ0n) is 11.1. The highest BCUT2D eigenvalue weighted by atomic mass is 32.1. The lowest BCUT2D eigenvalue weighted by Crippen LogP contribution is -2.35. The molecule has 2 heterocycles. The maximum atomic E-state index is 6.27. The number of methoxy groups -OCH3 is 1. The molecule has 4 nitrogen and oxygen atoms in total. The monoisotopic (exact) mass is 277 g/mol. The lowest BCUT2D eigenvalue weighted by molar-refractivity contribution is 0.139. The molecule has 1 aromatic heterocycles. The molecule has 19 heavy (non-hydrogen) atoms. The molecule has 0 unspecified atom stereocenters. The normalized spacial score (nSPS) is 17.2. The van der Waals surface area contributed by atoms with Gasteiger partial charge in [0.05, 0.1) is 21.6 Å². The van der Waals surface area contributed by atoms with E-state index in [1.165, 1.54) is 12.8 Å². The minimum Gasteiger partial charge on any atom is -0.395 e. The van der Waals surface area contributed by atoms with E-state index < -0.39 is 0 Å². The summed E-state index contributed by atoms with van der Waals surface area (Å²) in [6.07, 6.45) is 2.34. The number of ether oxygens (including phenoxy) is 1. The summed E-state index contributed by atoms with van der Waals surface area (Å²) in [5, 5.41) is 0. The van der Waals surface area contributed by atoms with Crippen LogP contribution in [0.15, 0.2) is 17.6 Å². The third-order valence-corrected chi connectivity index (χ3v) is 4.67. The fourth-order valence-electron chi connectivity index (χ4n) is 2.79. The molecule has 3 rings (SSSR count). The molecule has 0 saturated carbocycles. The van der Waals surface area contributed by atoms with Gasteiger partial charge in [0.15, 0.2) is 0 Å². The van der Waals surface area contributed by atoms with Crippen molar-refractivity contribution in [2.24, 2.45) is 5.92 Å². The third kappa shape index (κ3) is 2.40. The number of rotatable bonds is 3. The predicted octanol–water partition coefficient (Wildman–Crippen LogP) is 2.74. The smallest absolute Gasteiger partial charge is 0.106 e. The molecular weight excluding hydrogens is 258 g/mol. The van der Waals surface area contributed by atoms with Gasteiger partial charge in [-0.25, -0.2) is 4.98 Å². The highest BCUT2D eigenvalue weighted by Gasteiger charge is 2.21. The highest BCUT2D eigenvalue weighted by Crippen LogP contribution is 2.34. The van der Waals surface area contributed by atoms with Gasteiger partial charge in [0.1, 0.15) is 5.52 Å². The van der Waals surface area contributed by atoms with Crippen LogP contribution in [0.25, 0.3) is 10.2 Å². The molecule has 0 atom stereocenters. The standard InChI is InChI=1S/C14H19N3OS/c1-18-8-10-4-6-17(7-5-10)11-2-3-12-14(13(11)15)16-9-19-12/h2-3,9-10H,4-8,15H2,1H3. The van der Waals surface area contributed by atoms with Crippen LogP contribution in [-0.2, 0) is 4.74 Å². The van der Waals surface area contributed by atoms with Crippen molar-refractivity contribution in [3.8, 4) is 0 Å². The third-order valence-electron chi connectivity index (χ3n) is 3.88. The Labute approximate surface area is 117 Å². The van der Waals surface area contributed by atoms with Crippen molar-refractivity contribution >= 4 is 32.9 Å². The van der Waals surface area contributed by atoms with E-state index in [2.05, 4.69) is 22.0 Å². The van der Waals surface area contributed by atoms with E-state index in [0.29, 0.717) is 5.92 Å². The van der Waals surface area contributed by atoms with Gasteiger partial charge in [0.2, 0.25) is 0 Å². The van der Waals surface area contributed by atoms with Crippen molar-refractivity contribution in [2.45, 2.75) is 12.8 Å². The summed E-state index contributed by atoms with van der Waals surface area (Å²) in [7, 11) is 1.78. The Morgan fingerprint density at radius 2 is 2.21 bits per heavy atom. The maximum absolute atomic E-state index is 6.27. The van der Waals surface area contributed by atoms with Crippen LogP contribution in [0.3, 0.4) is 0 Å². The van der Waals surface area contributed by atoms with Crippen molar-refractivity contribution in [1.29, 1.82) is 0 Å². The number of nitrogens with zero attached hydrogens (tertiary/aromatic N) is 2. The molecule has 1 aliphatic heterocycles. The van der Waals surface area contributed by atoms with Gasteiger partial charge >= 0.3 is 0 Å². The van der Waals surface area contributed by atoms with E-state index >= 15 is 0 Å². The minimum absolute atomic E-state index is 0.686. The van der Waals surface area contributed by atoms with Crippen LogP contribution in [-0.4, -0.2) is 31.8 Å². The molecule has 0 radical (unpaired) electrons. The Hall–Kier alpha value is -1.33. The quantitative estimate of drug-likeness (QED) is 0.876. The molecule has 1 aromatic carbocycles. The summed E-state index contributed by atoms with van der Waals surface area (Å²) in [5.41, 5.74) is 11.0. The molecule has 1 fully saturated rings. The van der Waals surface area contributed by atoms with Crippen molar-refractivity contribution < 1.29 is 4.74 Å². The zero-order valence-corrected chi connectivity index (χ0v) is 11.9. The molecule has 1 aliphatic rings. The number of hydrogen-bond acceptors (Lipinski definition) is 5. The first kappa shape index (κ1) is 12.7. The Morgan fingerprint density at radius 1 is 1.42 bits per heavy atom. The largest absolute Gasteiger partial charge is 0.395 e. The second-order valence-electron chi connectivity index (χ2n) is 5.08. The lowest BCUT2D eigenvalue weighted by Gasteiger charge is -2.34. The SMILES string of the molecule is COCC1CCN(c2ccc3scnc3c2N)CC1. The average Bonchev–Trinajstić information content (AvgIpc) is 2.90. The molecule has 0 bridgehead atoms. The van der Waals surface area contributed by atoms with E-state index in [9.17, 15) is 0 Å². The van der Waals surface area contributed by atoms with Gasteiger partial charge in [-0.05, 0) is 30.9 Å². The lowest BCUT2D eigenvalue weighted by atomic mass is 9.97. The summed E-state index contributed by atoms with van der Waals surface area (Å²) >= 11 is 1.64. The van der Waals surface area contributed by atoms with E-state index in [0.717, 1.165) is 41.3 Å².